The molecule has 1 fully saturated rings. The molecule has 5 nitrogen and oxygen atoms in total. The number of hydrogen-bond donors (Lipinski definition) is 0. The van der Waals surface area contributed by atoms with E-state index in [1.807, 2.05) is 29.4 Å². The highest BCUT2D eigenvalue weighted by atomic mass is 32.2. The Labute approximate surface area is 146 Å². The van der Waals surface area contributed by atoms with Crippen LogP contribution >= 0.6 is 11.8 Å². The van der Waals surface area contributed by atoms with Crippen LogP contribution in [0, 0.1) is 0 Å². The van der Waals surface area contributed by atoms with Crippen LogP contribution in [0.2, 0.25) is 0 Å². The van der Waals surface area contributed by atoms with Gasteiger partial charge < -0.3 is 14.1 Å². The van der Waals surface area contributed by atoms with Gasteiger partial charge in [0, 0.05) is 32.1 Å². The summed E-state index contributed by atoms with van der Waals surface area (Å²) in [5.41, 5.74) is 1.05. The first kappa shape index (κ1) is 17.0. The van der Waals surface area contributed by atoms with Gasteiger partial charge in [0.1, 0.15) is 5.76 Å². The maximum Gasteiger partial charge on any atom is 0.289 e. The van der Waals surface area contributed by atoms with Gasteiger partial charge in [-0.15, -0.1) is 0 Å². The smallest absolute Gasteiger partial charge is 0.289 e. The van der Waals surface area contributed by atoms with Crippen LogP contribution in [0.1, 0.15) is 34.7 Å². The zero-order valence-electron chi connectivity index (χ0n) is 13.8. The van der Waals surface area contributed by atoms with Gasteiger partial charge in [0.25, 0.3) is 5.91 Å². The molecule has 6 heteroatoms. The zero-order chi connectivity index (χ0) is 16.8. The molecule has 0 N–H and O–H groups in total. The molecule has 1 atom stereocenters. The van der Waals surface area contributed by atoms with E-state index in [-0.39, 0.29) is 12.0 Å². The van der Waals surface area contributed by atoms with Crippen LogP contribution in [-0.2, 0) is 17.0 Å². The first-order valence-corrected chi connectivity index (χ1v) is 9.53. The Kier molecular flexibility index (Phi) is 5.93. The van der Waals surface area contributed by atoms with Crippen LogP contribution in [0.3, 0.4) is 0 Å². The molecule has 3 rings (SSSR count). The monoisotopic (exact) mass is 346 g/mol. The number of carbonyl (C=O) groups excluding carboxylic acids is 1. The first-order chi connectivity index (χ1) is 11.8. The summed E-state index contributed by atoms with van der Waals surface area (Å²) in [6.07, 6.45) is 7.66. The van der Waals surface area contributed by atoms with Crippen molar-refractivity contribution in [3.63, 3.8) is 0 Å². The van der Waals surface area contributed by atoms with Crippen LogP contribution in [-0.4, -0.2) is 41.3 Å². The molecule has 1 unspecified atom stereocenters. The van der Waals surface area contributed by atoms with Crippen molar-refractivity contribution < 1.29 is 13.9 Å². The normalized spacial score (nSPS) is 17.1. The third-order valence-electron chi connectivity index (χ3n) is 4.02. The molecular weight excluding hydrogens is 324 g/mol. The molecule has 1 saturated heterocycles. The number of rotatable bonds is 7. The molecule has 0 spiro atoms. The average Bonchev–Trinajstić information content (AvgIpc) is 3.27. The van der Waals surface area contributed by atoms with Gasteiger partial charge in [-0.2, -0.15) is 11.8 Å². The van der Waals surface area contributed by atoms with Crippen molar-refractivity contribution in [2.24, 2.45) is 0 Å². The van der Waals surface area contributed by atoms with Gasteiger partial charge in [-0.05, 0) is 48.9 Å². The van der Waals surface area contributed by atoms with Crippen LogP contribution in [0.25, 0.3) is 0 Å². The Morgan fingerprint density at radius 1 is 1.33 bits per heavy atom. The minimum Gasteiger partial charge on any atom is -0.455 e. The lowest BCUT2D eigenvalue weighted by molar-refractivity contribution is 0.0483. The number of ether oxygens (including phenoxy) is 1. The highest BCUT2D eigenvalue weighted by Gasteiger charge is 2.25. The quantitative estimate of drug-likeness (QED) is 0.769. The van der Waals surface area contributed by atoms with Crippen LogP contribution < -0.4 is 0 Å². The number of pyridine rings is 1. The summed E-state index contributed by atoms with van der Waals surface area (Å²) >= 11 is 1.67. The van der Waals surface area contributed by atoms with E-state index in [1.54, 1.807) is 30.2 Å². The Morgan fingerprint density at radius 3 is 2.88 bits per heavy atom. The second-order valence-electron chi connectivity index (χ2n) is 5.88. The largest absolute Gasteiger partial charge is 0.455 e. The van der Waals surface area contributed by atoms with Crippen LogP contribution in [0.15, 0.2) is 41.1 Å². The van der Waals surface area contributed by atoms with E-state index in [4.69, 9.17) is 9.15 Å². The molecule has 0 saturated carbocycles. The molecule has 1 aliphatic heterocycles. The molecule has 2 aromatic rings. The molecule has 0 aliphatic carbocycles. The summed E-state index contributed by atoms with van der Waals surface area (Å²) in [7, 11) is 0. The van der Waals surface area contributed by atoms with E-state index in [0.29, 0.717) is 18.8 Å². The Balaban J connectivity index is 1.75. The molecular formula is C18H22N2O3S. The highest BCUT2D eigenvalue weighted by Crippen LogP contribution is 2.19. The summed E-state index contributed by atoms with van der Waals surface area (Å²) in [5, 5.41) is 0. The minimum atomic E-state index is -0.0883. The highest BCUT2D eigenvalue weighted by molar-refractivity contribution is 7.97. The standard InChI is InChI=1S/C18H22N2O3S/c1-24-13-16-4-5-17(23-16)18(21)20(12-15-3-2-10-22-15)11-14-6-8-19-9-7-14/h4-9,15H,2-3,10-13H2,1H3. The van der Waals surface area contributed by atoms with Crippen molar-refractivity contribution in [3.05, 3.63) is 53.7 Å². The molecule has 0 bridgehead atoms. The maximum atomic E-state index is 12.9. The molecule has 3 heterocycles. The van der Waals surface area contributed by atoms with Gasteiger partial charge in [0.15, 0.2) is 5.76 Å². The summed E-state index contributed by atoms with van der Waals surface area (Å²) in [5.74, 6) is 1.90. The van der Waals surface area contributed by atoms with Crippen LogP contribution in [0.5, 0.6) is 0 Å². The number of thioether (sulfide) groups is 1. The van der Waals surface area contributed by atoms with E-state index >= 15 is 0 Å². The molecule has 2 aromatic heterocycles. The number of carbonyl (C=O) groups is 1. The van der Waals surface area contributed by atoms with Crippen molar-refractivity contribution in [3.8, 4) is 0 Å². The topological polar surface area (TPSA) is 55.6 Å². The molecule has 128 valence electrons. The van der Waals surface area contributed by atoms with Crippen molar-refractivity contribution in [1.29, 1.82) is 0 Å². The summed E-state index contributed by atoms with van der Waals surface area (Å²) in [6.45, 7) is 1.89. The molecule has 1 amide bonds. The second-order valence-corrected chi connectivity index (χ2v) is 6.74. The predicted octanol–water partition coefficient (Wildman–Crippen LogP) is 3.36. The first-order valence-electron chi connectivity index (χ1n) is 8.13. The SMILES string of the molecule is CSCc1ccc(C(=O)N(Cc2ccncc2)CC2CCCO2)o1. The van der Waals surface area contributed by atoms with Gasteiger partial charge >= 0.3 is 0 Å². The fraction of sp³-hybridized carbons (Fsp3) is 0.444. The lowest BCUT2D eigenvalue weighted by Gasteiger charge is -2.24. The fourth-order valence-electron chi connectivity index (χ4n) is 2.83. The van der Waals surface area contributed by atoms with E-state index in [2.05, 4.69) is 4.98 Å². The van der Waals surface area contributed by atoms with Gasteiger partial charge in [-0.1, -0.05) is 0 Å². The maximum absolute atomic E-state index is 12.9. The van der Waals surface area contributed by atoms with E-state index in [9.17, 15) is 4.79 Å². The van der Waals surface area contributed by atoms with Crippen molar-refractivity contribution in [2.75, 3.05) is 19.4 Å². The minimum absolute atomic E-state index is 0.0883. The molecule has 0 radical (unpaired) electrons. The van der Waals surface area contributed by atoms with Crippen molar-refractivity contribution >= 4 is 17.7 Å². The lowest BCUT2D eigenvalue weighted by Crippen LogP contribution is -2.36. The average molecular weight is 346 g/mol. The van der Waals surface area contributed by atoms with E-state index < -0.39 is 0 Å². The number of aromatic nitrogens is 1. The lowest BCUT2D eigenvalue weighted by atomic mass is 10.2. The van der Waals surface area contributed by atoms with Crippen molar-refractivity contribution in [2.45, 2.75) is 31.2 Å². The molecule has 24 heavy (non-hydrogen) atoms. The second kappa shape index (κ2) is 8.35. The number of hydrogen-bond acceptors (Lipinski definition) is 5. The van der Waals surface area contributed by atoms with Gasteiger partial charge in [0.05, 0.1) is 11.9 Å². The Bertz CT molecular complexity index is 653. The van der Waals surface area contributed by atoms with Crippen molar-refractivity contribution in [1.82, 2.24) is 9.88 Å². The number of amides is 1. The van der Waals surface area contributed by atoms with Gasteiger partial charge in [-0.25, -0.2) is 0 Å². The third kappa shape index (κ3) is 4.39. The zero-order valence-corrected chi connectivity index (χ0v) is 14.6. The summed E-state index contributed by atoms with van der Waals surface area (Å²) in [6, 6.07) is 7.50. The number of nitrogens with zero attached hydrogens (tertiary/aromatic N) is 2. The van der Waals surface area contributed by atoms with E-state index in [1.165, 1.54) is 0 Å². The Hall–Kier alpha value is -1.79. The summed E-state index contributed by atoms with van der Waals surface area (Å²) < 4.78 is 11.4. The molecule has 1 aliphatic rings. The van der Waals surface area contributed by atoms with Gasteiger partial charge in [-0.3, -0.25) is 9.78 Å². The fourth-order valence-corrected chi connectivity index (χ4v) is 3.27. The molecule has 0 aromatic carbocycles. The van der Waals surface area contributed by atoms with Crippen LogP contribution in [0.4, 0.5) is 0 Å². The Morgan fingerprint density at radius 2 is 2.17 bits per heavy atom. The third-order valence-corrected chi connectivity index (χ3v) is 4.59. The number of furan rings is 1. The van der Waals surface area contributed by atoms with E-state index in [0.717, 1.165) is 36.5 Å². The predicted molar refractivity (Wildman–Crippen MR) is 93.9 cm³/mol. The summed E-state index contributed by atoms with van der Waals surface area (Å²) in [4.78, 5) is 18.8. The van der Waals surface area contributed by atoms with Gasteiger partial charge in [0.2, 0.25) is 0 Å².